The predicted molar refractivity (Wildman–Crippen MR) is 108 cm³/mol. The van der Waals surface area contributed by atoms with Crippen LogP contribution < -0.4 is 0 Å². The van der Waals surface area contributed by atoms with E-state index in [-0.39, 0.29) is 0 Å². The van der Waals surface area contributed by atoms with Crippen LogP contribution >= 0.6 is 0 Å². The van der Waals surface area contributed by atoms with Gasteiger partial charge in [-0.1, -0.05) is 112 Å². The van der Waals surface area contributed by atoms with Crippen LogP contribution in [0.5, 0.6) is 0 Å². The Balaban J connectivity index is 3.70. The maximum atomic E-state index is 2.57. The van der Waals surface area contributed by atoms with Crippen molar-refractivity contribution in [2.24, 2.45) is 0 Å². The fourth-order valence-electron chi connectivity index (χ4n) is 6.79. The van der Waals surface area contributed by atoms with Crippen molar-refractivity contribution in [3.63, 3.8) is 0 Å². The van der Waals surface area contributed by atoms with E-state index in [4.69, 9.17) is 0 Å². The van der Waals surface area contributed by atoms with Gasteiger partial charge in [0.15, 0.2) is 0 Å². The molecule has 0 amide bonds. The summed E-state index contributed by atoms with van der Waals surface area (Å²) >= 11 is 0. The first-order valence-electron chi connectivity index (χ1n) is 9.33. The number of hydrogen-bond acceptors (Lipinski definition) is 0. The summed E-state index contributed by atoms with van der Waals surface area (Å²) in [4.78, 5) is 0. The van der Waals surface area contributed by atoms with Crippen molar-refractivity contribution in [3.8, 4) is 0 Å². The van der Waals surface area contributed by atoms with Gasteiger partial charge in [0.05, 0.1) is 0 Å². The van der Waals surface area contributed by atoms with Crippen molar-refractivity contribution in [3.05, 3.63) is 10.8 Å². The number of hydrogen-bond donors (Lipinski definition) is 0. The van der Waals surface area contributed by atoms with E-state index in [1.165, 1.54) is 25.3 Å². The van der Waals surface area contributed by atoms with Crippen molar-refractivity contribution < 1.29 is 0 Å². The van der Waals surface area contributed by atoms with Gasteiger partial charge in [0.1, 0.15) is 0 Å². The highest BCUT2D eigenvalue weighted by Gasteiger charge is 2.55. The Morgan fingerprint density at radius 3 is 1.45 bits per heavy atom. The quantitative estimate of drug-likeness (QED) is 0.468. The number of allylic oxidation sites excluding steroid dienone is 2. The van der Waals surface area contributed by atoms with Crippen LogP contribution in [0.4, 0.5) is 0 Å². The van der Waals surface area contributed by atoms with Gasteiger partial charge in [-0.25, -0.2) is 5.20 Å². The molecule has 0 nitrogen and oxygen atoms in total. The van der Waals surface area contributed by atoms with Crippen LogP contribution in [0.2, 0.25) is 21.2 Å². The highest BCUT2D eigenvalue weighted by Crippen LogP contribution is 2.65. The van der Waals surface area contributed by atoms with Gasteiger partial charge >= 0.3 is 0 Å². The standard InChI is InChI=1S/C20H41Si2/c1-12-16-14-15-21(17(16)13-2)22(18(3,4)5,19(6,7)8)20(9,10)11/h12-15H2,1-11H3/q-1. The molecule has 0 spiro atoms. The van der Waals surface area contributed by atoms with E-state index in [1.54, 1.807) is 0 Å². The Morgan fingerprint density at radius 2 is 1.18 bits per heavy atom. The fourth-order valence-corrected chi connectivity index (χ4v) is 31.2. The van der Waals surface area contributed by atoms with Crippen LogP contribution in [0.25, 0.3) is 0 Å². The average Bonchev–Trinajstić information content (AvgIpc) is 2.66. The topological polar surface area (TPSA) is 0 Å². The lowest BCUT2D eigenvalue weighted by molar-refractivity contribution is 0.553. The first kappa shape index (κ1) is 20.2. The summed E-state index contributed by atoms with van der Waals surface area (Å²) in [5, 5.41) is 3.34. The third-order valence-electron chi connectivity index (χ3n) is 6.08. The zero-order valence-electron chi connectivity index (χ0n) is 17.3. The van der Waals surface area contributed by atoms with Crippen molar-refractivity contribution in [2.45, 2.75) is 117 Å². The second-order valence-corrected chi connectivity index (χ2v) is 22.4. The molecular weight excluding hydrogens is 296 g/mol. The van der Waals surface area contributed by atoms with E-state index in [2.05, 4.69) is 76.2 Å². The first-order chi connectivity index (χ1) is 9.75. The molecule has 1 aliphatic rings. The Hall–Kier alpha value is 0.174. The molecule has 0 aromatic heterocycles. The maximum absolute atomic E-state index is 2.57. The van der Waals surface area contributed by atoms with E-state index in [0.717, 1.165) is 0 Å². The van der Waals surface area contributed by atoms with Crippen molar-refractivity contribution in [2.75, 3.05) is 0 Å². The third kappa shape index (κ3) is 2.95. The van der Waals surface area contributed by atoms with Crippen LogP contribution in [0.3, 0.4) is 0 Å². The minimum absolute atomic E-state index is 0.413. The lowest BCUT2D eigenvalue weighted by atomic mass is 10.1. The normalized spacial score (nSPS) is 18.4. The lowest BCUT2D eigenvalue weighted by Crippen LogP contribution is -2.68. The summed E-state index contributed by atoms with van der Waals surface area (Å²) in [5.74, 6) is 0. The van der Waals surface area contributed by atoms with Gasteiger partial charge in [0.25, 0.3) is 0 Å². The molecule has 0 fully saturated rings. The minimum Gasteiger partial charge on any atom is -0.285 e. The van der Waals surface area contributed by atoms with E-state index in [1.807, 2.05) is 10.8 Å². The smallest absolute Gasteiger partial charge is 0.0376 e. The van der Waals surface area contributed by atoms with E-state index in [9.17, 15) is 0 Å². The second-order valence-electron chi connectivity index (χ2n) is 10.3. The monoisotopic (exact) mass is 337 g/mol. The number of rotatable bonds is 3. The molecule has 1 rings (SSSR count). The molecule has 1 aliphatic heterocycles. The first-order valence-corrected chi connectivity index (χ1v) is 14.0. The summed E-state index contributed by atoms with van der Waals surface area (Å²) in [6.07, 6.45) is 4.01. The molecule has 22 heavy (non-hydrogen) atoms. The summed E-state index contributed by atoms with van der Waals surface area (Å²) in [7, 11) is -1.98. The zero-order chi connectivity index (χ0) is 17.6. The van der Waals surface area contributed by atoms with Gasteiger partial charge in [-0.15, -0.1) is 5.57 Å². The molecule has 0 saturated heterocycles. The Labute approximate surface area is 143 Å². The van der Waals surface area contributed by atoms with Crippen molar-refractivity contribution in [1.82, 2.24) is 0 Å². The largest absolute Gasteiger partial charge is 0.285 e. The lowest BCUT2D eigenvalue weighted by Gasteiger charge is -2.72. The summed E-state index contributed by atoms with van der Waals surface area (Å²) in [5.41, 5.74) is 1.84. The second kappa shape index (κ2) is 6.24. The van der Waals surface area contributed by atoms with Crippen LogP contribution in [0.15, 0.2) is 10.8 Å². The Kier molecular flexibility index (Phi) is 5.73. The van der Waals surface area contributed by atoms with Crippen molar-refractivity contribution in [1.29, 1.82) is 0 Å². The van der Waals surface area contributed by atoms with Crippen LogP contribution in [-0.2, 0) is 0 Å². The average molecular weight is 338 g/mol. The maximum Gasteiger partial charge on any atom is -0.0376 e. The molecule has 0 unspecified atom stereocenters. The predicted octanol–water partition coefficient (Wildman–Crippen LogP) is 7.47. The van der Waals surface area contributed by atoms with Gasteiger partial charge in [-0.05, 0) is 6.42 Å². The van der Waals surface area contributed by atoms with Gasteiger partial charge in [-0.3, -0.25) is 8.31 Å². The molecule has 0 bridgehead atoms. The summed E-state index contributed by atoms with van der Waals surface area (Å²) < 4.78 is 0. The highest BCUT2D eigenvalue weighted by atomic mass is 29.2. The van der Waals surface area contributed by atoms with Crippen LogP contribution in [-0.4, -0.2) is 15.9 Å². The molecule has 0 saturated carbocycles. The molecule has 0 N–H and O–H groups in total. The van der Waals surface area contributed by atoms with Crippen LogP contribution in [0, 0.1) is 0 Å². The van der Waals surface area contributed by atoms with Gasteiger partial charge in [0.2, 0.25) is 0 Å². The van der Waals surface area contributed by atoms with E-state index in [0.29, 0.717) is 15.1 Å². The molecule has 0 aromatic rings. The van der Waals surface area contributed by atoms with Gasteiger partial charge < -0.3 is 0 Å². The molecular formula is C20H41Si2-. The molecule has 0 aromatic carbocycles. The Morgan fingerprint density at radius 1 is 0.773 bits per heavy atom. The zero-order valence-corrected chi connectivity index (χ0v) is 19.3. The molecule has 0 radical (unpaired) electrons. The molecule has 0 atom stereocenters. The minimum atomic E-state index is -1.57. The SMILES string of the molecule is CCC1=C(CC)[Si-]([Si](C(C)(C)C)(C(C)(C)C)C(C)(C)C)CC1. The van der Waals surface area contributed by atoms with E-state index < -0.39 is 15.9 Å². The molecule has 130 valence electrons. The summed E-state index contributed by atoms with van der Waals surface area (Å²) in [6, 6.07) is 1.52. The van der Waals surface area contributed by atoms with Crippen molar-refractivity contribution >= 4 is 15.9 Å². The van der Waals surface area contributed by atoms with Gasteiger partial charge in [0, 0.05) is 0 Å². The van der Waals surface area contributed by atoms with Gasteiger partial charge in [-0.2, -0.15) is 6.04 Å². The fraction of sp³-hybridized carbons (Fsp3) is 0.900. The van der Waals surface area contributed by atoms with Crippen LogP contribution in [0.1, 0.15) is 95.4 Å². The summed E-state index contributed by atoms with van der Waals surface area (Å²) in [6.45, 7) is 28.0. The third-order valence-corrected chi connectivity index (χ3v) is 27.0. The van der Waals surface area contributed by atoms with E-state index >= 15 is 0 Å². The molecule has 2 heteroatoms. The highest BCUT2D eigenvalue weighted by molar-refractivity contribution is 7.39. The Bertz CT molecular complexity index is 388. The molecule has 1 heterocycles. The molecule has 0 aliphatic carbocycles.